The lowest BCUT2D eigenvalue weighted by atomic mass is 10.1. The Hall–Kier alpha value is -2.33. The van der Waals surface area contributed by atoms with Gasteiger partial charge in [0.2, 0.25) is 0 Å². The van der Waals surface area contributed by atoms with E-state index in [2.05, 4.69) is 12.1 Å². The van der Waals surface area contributed by atoms with Crippen LogP contribution in [0.25, 0.3) is 0 Å². The van der Waals surface area contributed by atoms with E-state index in [0.29, 0.717) is 13.1 Å². The van der Waals surface area contributed by atoms with Crippen molar-refractivity contribution in [2.75, 3.05) is 0 Å². The molecule has 23 heavy (non-hydrogen) atoms. The lowest BCUT2D eigenvalue weighted by Crippen LogP contribution is -2.29. The van der Waals surface area contributed by atoms with Crippen molar-refractivity contribution in [3.05, 3.63) is 81.4 Å². The zero-order chi connectivity index (χ0) is 16.2. The minimum absolute atomic E-state index is 0.0293. The fourth-order valence-corrected chi connectivity index (χ4v) is 3.38. The Labute approximate surface area is 140 Å². The van der Waals surface area contributed by atoms with Crippen molar-refractivity contribution in [1.29, 1.82) is 0 Å². The molecule has 1 aromatic carbocycles. The first kappa shape index (κ1) is 15.6. The second-order valence-electron chi connectivity index (χ2n) is 5.70. The Balaban J connectivity index is 1.88. The van der Waals surface area contributed by atoms with Crippen LogP contribution in [-0.4, -0.2) is 10.8 Å². The van der Waals surface area contributed by atoms with Gasteiger partial charge in [-0.3, -0.25) is 4.79 Å². The van der Waals surface area contributed by atoms with Crippen LogP contribution in [0, 0.1) is 13.8 Å². The fourth-order valence-electron chi connectivity index (χ4n) is 2.66. The van der Waals surface area contributed by atoms with Crippen LogP contribution in [0.5, 0.6) is 0 Å². The van der Waals surface area contributed by atoms with Gasteiger partial charge in [0.1, 0.15) is 5.76 Å². The summed E-state index contributed by atoms with van der Waals surface area (Å²) in [6.45, 7) is 5.08. The molecule has 0 aliphatic carbocycles. The molecule has 0 saturated carbocycles. The van der Waals surface area contributed by atoms with Gasteiger partial charge in [-0.15, -0.1) is 11.3 Å². The second kappa shape index (κ2) is 6.84. The van der Waals surface area contributed by atoms with Crippen LogP contribution in [0.1, 0.15) is 32.1 Å². The Bertz CT molecular complexity index is 719. The number of carbonyl (C=O) groups is 1. The highest BCUT2D eigenvalue weighted by Crippen LogP contribution is 2.19. The molecule has 2 aromatic heterocycles. The third-order valence-electron chi connectivity index (χ3n) is 3.61. The van der Waals surface area contributed by atoms with Gasteiger partial charge in [-0.05, 0) is 49.6 Å². The van der Waals surface area contributed by atoms with E-state index >= 15 is 0 Å². The van der Waals surface area contributed by atoms with E-state index in [1.54, 1.807) is 17.6 Å². The first-order valence-electron chi connectivity index (χ1n) is 7.54. The van der Waals surface area contributed by atoms with Crippen LogP contribution in [-0.2, 0) is 13.1 Å². The number of carbonyl (C=O) groups excluding carboxylic acids is 1. The van der Waals surface area contributed by atoms with Crippen molar-refractivity contribution in [2.24, 2.45) is 0 Å². The number of hydrogen-bond donors (Lipinski definition) is 0. The lowest BCUT2D eigenvalue weighted by Gasteiger charge is -2.21. The molecule has 0 spiro atoms. The molecule has 0 N–H and O–H groups in total. The van der Waals surface area contributed by atoms with Gasteiger partial charge in [0.25, 0.3) is 5.91 Å². The average Bonchev–Trinajstić information content (AvgIpc) is 3.18. The van der Waals surface area contributed by atoms with Gasteiger partial charge in [-0.25, -0.2) is 0 Å². The van der Waals surface area contributed by atoms with Crippen LogP contribution in [0.15, 0.2) is 58.5 Å². The number of furan rings is 1. The van der Waals surface area contributed by atoms with Gasteiger partial charge in [0.05, 0.1) is 19.4 Å². The summed E-state index contributed by atoms with van der Waals surface area (Å²) in [5, 5.41) is 2.03. The van der Waals surface area contributed by atoms with Crippen molar-refractivity contribution in [3.8, 4) is 0 Å². The number of thiophene rings is 1. The van der Waals surface area contributed by atoms with Crippen molar-refractivity contribution in [1.82, 2.24) is 4.90 Å². The number of benzene rings is 1. The van der Waals surface area contributed by atoms with Gasteiger partial charge in [0.15, 0.2) is 0 Å². The van der Waals surface area contributed by atoms with Crippen molar-refractivity contribution in [2.45, 2.75) is 26.9 Å². The highest BCUT2D eigenvalue weighted by molar-refractivity contribution is 7.09. The van der Waals surface area contributed by atoms with Gasteiger partial charge in [0, 0.05) is 10.4 Å². The number of hydrogen-bond acceptors (Lipinski definition) is 3. The first-order valence-corrected chi connectivity index (χ1v) is 8.42. The molecule has 0 saturated heterocycles. The Morgan fingerprint density at radius 1 is 1.09 bits per heavy atom. The minimum atomic E-state index is 0.0293. The SMILES string of the molecule is Cc1cc(C)cc(C(=O)N(Cc2ccco2)Cc2cccs2)c1. The topological polar surface area (TPSA) is 33.5 Å². The standard InChI is InChI=1S/C19H19NO2S/c1-14-9-15(2)11-16(10-14)19(21)20(12-17-5-3-7-22-17)13-18-6-4-8-23-18/h3-11H,12-13H2,1-2H3. The van der Waals surface area contributed by atoms with Gasteiger partial charge in [-0.1, -0.05) is 23.3 Å². The molecule has 1 amide bonds. The third-order valence-corrected chi connectivity index (χ3v) is 4.47. The largest absolute Gasteiger partial charge is 0.467 e. The van der Waals surface area contributed by atoms with E-state index in [9.17, 15) is 4.79 Å². The molecular weight excluding hydrogens is 306 g/mol. The molecule has 0 fully saturated rings. The minimum Gasteiger partial charge on any atom is -0.467 e. The molecule has 0 aliphatic heterocycles. The van der Waals surface area contributed by atoms with Crippen LogP contribution >= 0.6 is 11.3 Å². The molecule has 3 nitrogen and oxygen atoms in total. The molecular formula is C19H19NO2S. The molecule has 0 aliphatic rings. The lowest BCUT2D eigenvalue weighted by molar-refractivity contribution is 0.0719. The van der Waals surface area contributed by atoms with Crippen molar-refractivity contribution in [3.63, 3.8) is 0 Å². The van der Waals surface area contributed by atoms with Crippen molar-refractivity contribution < 1.29 is 9.21 Å². The Morgan fingerprint density at radius 3 is 2.48 bits per heavy atom. The maximum absolute atomic E-state index is 13.0. The van der Waals surface area contributed by atoms with E-state index in [1.165, 1.54) is 0 Å². The van der Waals surface area contributed by atoms with Gasteiger partial charge in [-0.2, -0.15) is 0 Å². The van der Waals surface area contributed by atoms with E-state index in [1.807, 2.05) is 54.5 Å². The molecule has 4 heteroatoms. The average molecular weight is 325 g/mol. The van der Waals surface area contributed by atoms with Crippen LogP contribution < -0.4 is 0 Å². The van der Waals surface area contributed by atoms with Gasteiger partial charge >= 0.3 is 0 Å². The molecule has 118 valence electrons. The number of rotatable bonds is 5. The number of amides is 1. The molecule has 0 bridgehead atoms. The van der Waals surface area contributed by atoms with E-state index in [-0.39, 0.29) is 5.91 Å². The summed E-state index contributed by atoms with van der Waals surface area (Å²) in [4.78, 5) is 16.0. The predicted octanol–water partition coefficient (Wildman–Crippen LogP) is 4.80. The monoisotopic (exact) mass is 325 g/mol. The van der Waals surface area contributed by atoms with Crippen LogP contribution in [0.2, 0.25) is 0 Å². The second-order valence-corrected chi connectivity index (χ2v) is 6.73. The summed E-state index contributed by atoms with van der Waals surface area (Å²) >= 11 is 1.66. The van der Waals surface area contributed by atoms with Crippen molar-refractivity contribution >= 4 is 17.2 Å². The summed E-state index contributed by atoms with van der Waals surface area (Å²) in [6.07, 6.45) is 1.64. The zero-order valence-corrected chi connectivity index (χ0v) is 14.1. The first-order chi connectivity index (χ1) is 11.1. The van der Waals surface area contributed by atoms with Crippen LogP contribution in [0.4, 0.5) is 0 Å². The molecule has 0 atom stereocenters. The summed E-state index contributed by atoms with van der Waals surface area (Å²) < 4.78 is 5.43. The highest BCUT2D eigenvalue weighted by atomic mass is 32.1. The smallest absolute Gasteiger partial charge is 0.254 e. The number of nitrogens with zero attached hydrogens (tertiary/aromatic N) is 1. The molecule has 0 radical (unpaired) electrons. The Morgan fingerprint density at radius 2 is 1.87 bits per heavy atom. The van der Waals surface area contributed by atoms with E-state index in [4.69, 9.17) is 4.42 Å². The zero-order valence-electron chi connectivity index (χ0n) is 13.3. The summed E-state index contributed by atoms with van der Waals surface area (Å²) in [5.41, 5.74) is 2.93. The maximum atomic E-state index is 13.0. The molecule has 3 aromatic rings. The molecule has 2 heterocycles. The highest BCUT2D eigenvalue weighted by Gasteiger charge is 2.18. The maximum Gasteiger partial charge on any atom is 0.254 e. The normalized spacial score (nSPS) is 10.7. The fraction of sp³-hybridized carbons (Fsp3) is 0.211. The number of aryl methyl sites for hydroxylation is 2. The third kappa shape index (κ3) is 3.90. The van der Waals surface area contributed by atoms with Gasteiger partial charge < -0.3 is 9.32 Å². The van der Waals surface area contributed by atoms with E-state index in [0.717, 1.165) is 27.3 Å². The summed E-state index contributed by atoms with van der Waals surface area (Å²) in [6, 6.07) is 13.8. The quantitative estimate of drug-likeness (QED) is 0.675. The van der Waals surface area contributed by atoms with E-state index < -0.39 is 0 Å². The molecule has 0 unspecified atom stereocenters. The Kier molecular flexibility index (Phi) is 4.63. The summed E-state index contributed by atoms with van der Waals surface area (Å²) in [5.74, 6) is 0.820. The molecule has 3 rings (SSSR count). The summed E-state index contributed by atoms with van der Waals surface area (Å²) in [7, 11) is 0. The predicted molar refractivity (Wildman–Crippen MR) is 92.5 cm³/mol. The van der Waals surface area contributed by atoms with Crippen LogP contribution in [0.3, 0.4) is 0 Å².